The van der Waals surface area contributed by atoms with E-state index in [1.54, 1.807) is 0 Å². The SMILES string of the molecule is C#CCC[Si](CC#C)(CC#C)CC#C. The van der Waals surface area contributed by atoms with Crippen LogP contribution in [0.5, 0.6) is 0 Å². The van der Waals surface area contributed by atoms with Crippen molar-refractivity contribution in [1.82, 2.24) is 0 Å². The Labute approximate surface area is 88.5 Å². The summed E-state index contributed by atoms with van der Waals surface area (Å²) in [5, 5.41) is 0. The third-order valence-electron chi connectivity index (χ3n) is 2.23. The van der Waals surface area contributed by atoms with E-state index in [1.807, 2.05) is 0 Å². The lowest BCUT2D eigenvalue weighted by Gasteiger charge is -2.24. The molecule has 0 atom stereocenters. The Morgan fingerprint density at radius 1 is 0.714 bits per heavy atom. The highest BCUT2D eigenvalue weighted by molar-refractivity contribution is 6.81. The average molecular weight is 198 g/mol. The zero-order chi connectivity index (χ0) is 10.9. The van der Waals surface area contributed by atoms with Crippen LogP contribution in [0.3, 0.4) is 0 Å². The lowest BCUT2D eigenvalue weighted by molar-refractivity contribution is 1.16. The molecule has 70 valence electrons. The van der Waals surface area contributed by atoms with Crippen molar-refractivity contribution in [3.8, 4) is 49.4 Å². The van der Waals surface area contributed by atoms with E-state index in [0.717, 1.165) is 30.6 Å². The van der Waals surface area contributed by atoms with Crippen LogP contribution in [-0.2, 0) is 0 Å². The van der Waals surface area contributed by atoms with E-state index in [-0.39, 0.29) is 0 Å². The summed E-state index contributed by atoms with van der Waals surface area (Å²) in [6.45, 7) is 0. The molecule has 0 aliphatic heterocycles. The van der Waals surface area contributed by atoms with Crippen molar-refractivity contribution in [1.29, 1.82) is 0 Å². The van der Waals surface area contributed by atoms with Crippen LogP contribution < -0.4 is 0 Å². The third-order valence-corrected chi connectivity index (χ3v) is 6.40. The Morgan fingerprint density at radius 3 is 1.43 bits per heavy atom. The zero-order valence-electron chi connectivity index (χ0n) is 8.34. The fraction of sp³-hybridized carbons (Fsp3) is 0.385. The maximum atomic E-state index is 5.34. The highest BCUT2D eigenvalue weighted by Gasteiger charge is 2.29. The molecule has 0 amide bonds. The van der Waals surface area contributed by atoms with Crippen molar-refractivity contribution >= 4 is 8.07 Å². The quantitative estimate of drug-likeness (QED) is 0.470. The van der Waals surface area contributed by atoms with Crippen LogP contribution in [0.1, 0.15) is 6.42 Å². The third kappa shape index (κ3) is 3.91. The Bertz CT molecular complexity index is 283. The summed E-state index contributed by atoms with van der Waals surface area (Å²) in [5.41, 5.74) is 0. The van der Waals surface area contributed by atoms with Crippen LogP contribution in [-0.4, -0.2) is 8.07 Å². The summed E-state index contributed by atoms with van der Waals surface area (Å²) in [6, 6.07) is 3.16. The van der Waals surface area contributed by atoms with Crippen molar-refractivity contribution in [3.63, 3.8) is 0 Å². The van der Waals surface area contributed by atoms with Crippen LogP contribution in [0.15, 0.2) is 0 Å². The van der Waals surface area contributed by atoms with Gasteiger partial charge < -0.3 is 0 Å². The van der Waals surface area contributed by atoms with E-state index < -0.39 is 8.07 Å². The van der Waals surface area contributed by atoms with Gasteiger partial charge in [-0.25, -0.2) is 0 Å². The van der Waals surface area contributed by atoms with Gasteiger partial charge in [0, 0.05) is 24.6 Å². The molecule has 0 aliphatic rings. The molecule has 0 rings (SSSR count). The average Bonchev–Trinajstić information content (AvgIpc) is 2.16. The van der Waals surface area contributed by atoms with Gasteiger partial charge in [-0.2, -0.15) is 0 Å². The Balaban J connectivity index is 4.61. The number of rotatable bonds is 5. The van der Waals surface area contributed by atoms with Crippen LogP contribution in [0.2, 0.25) is 24.2 Å². The number of terminal acetylenes is 4. The molecule has 0 aromatic rings. The van der Waals surface area contributed by atoms with E-state index >= 15 is 0 Å². The largest absolute Gasteiger partial charge is 0.120 e. The summed E-state index contributed by atoms with van der Waals surface area (Å²) < 4.78 is 0. The maximum absolute atomic E-state index is 5.34. The summed E-state index contributed by atoms with van der Waals surface area (Å²) in [4.78, 5) is 0. The number of hydrogen-bond acceptors (Lipinski definition) is 0. The Morgan fingerprint density at radius 2 is 1.14 bits per heavy atom. The fourth-order valence-electron chi connectivity index (χ4n) is 1.44. The second-order valence-corrected chi connectivity index (χ2v) is 7.91. The number of hydrogen-bond donors (Lipinski definition) is 0. The molecule has 0 fully saturated rings. The molecule has 0 N–H and O–H groups in total. The molecule has 0 bridgehead atoms. The minimum atomic E-state index is -1.67. The molecule has 0 nitrogen and oxygen atoms in total. The first kappa shape index (κ1) is 12.5. The predicted octanol–water partition coefficient (Wildman–Crippen LogP) is 2.36. The molecule has 0 aliphatic carbocycles. The second-order valence-electron chi connectivity index (χ2n) is 3.35. The highest BCUT2D eigenvalue weighted by atomic mass is 28.3. The van der Waals surface area contributed by atoms with Gasteiger partial charge in [0.25, 0.3) is 0 Å². The van der Waals surface area contributed by atoms with Gasteiger partial charge in [-0.3, -0.25) is 0 Å². The van der Waals surface area contributed by atoms with E-state index in [4.69, 9.17) is 25.7 Å². The van der Waals surface area contributed by atoms with Gasteiger partial charge in [-0.1, -0.05) is 0 Å². The molecule has 0 saturated carbocycles. The molecule has 14 heavy (non-hydrogen) atoms. The van der Waals surface area contributed by atoms with Gasteiger partial charge in [0.05, 0.1) is 8.07 Å². The van der Waals surface area contributed by atoms with Gasteiger partial charge in [0.1, 0.15) is 0 Å². The van der Waals surface area contributed by atoms with Crippen LogP contribution in [0, 0.1) is 49.4 Å². The monoisotopic (exact) mass is 198 g/mol. The lowest BCUT2D eigenvalue weighted by Crippen LogP contribution is -2.32. The lowest BCUT2D eigenvalue weighted by atomic mass is 10.5. The normalized spacial score (nSPS) is 9.14. The molecule has 0 heterocycles. The van der Waals surface area contributed by atoms with Gasteiger partial charge in [-0.05, 0) is 6.04 Å². The first-order valence-corrected chi connectivity index (χ1v) is 7.31. The van der Waals surface area contributed by atoms with Crippen LogP contribution in [0.4, 0.5) is 0 Å². The summed E-state index contributed by atoms with van der Waals surface area (Å²) in [6.07, 6.45) is 22.0. The molecule has 0 aromatic heterocycles. The van der Waals surface area contributed by atoms with E-state index in [1.165, 1.54) is 0 Å². The molecule has 0 aromatic carbocycles. The summed E-state index contributed by atoms with van der Waals surface area (Å²) in [5.74, 6) is 10.7. The molecule has 0 unspecified atom stereocenters. The van der Waals surface area contributed by atoms with Crippen molar-refractivity contribution < 1.29 is 0 Å². The standard InChI is InChI=1S/C13H14Si/c1-5-9-13-14(10-6-2,11-7-3)12-8-4/h1-4H,9-13H2. The molecule has 0 radical (unpaired) electrons. The first-order chi connectivity index (χ1) is 6.74. The van der Waals surface area contributed by atoms with Gasteiger partial charge in [0.15, 0.2) is 0 Å². The van der Waals surface area contributed by atoms with Crippen molar-refractivity contribution in [2.45, 2.75) is 30.6 Å². The fourth-order valence-corrected chi connectivity index (χ4v) is 4.32. The molecular weight excluding hydrogens is 184 g/mol. The predicted molar refractivity (Wildman–Crippen MR) is 64.9 cm³/mol. The van der Waals surface area contributed by atoms with Crippen molar-refractivity contribution in [2.75, 3.05) is 0 Å². The zero-order valence-corrected chi connectivity index (χ0v) is 9.34. The van der Waals surface area contributed by atoms with Gasteiger partial charge in [0.2, 0.25) is 0 Å². The molecular formula is C13H14Si. The Hall–Kier alpha value is -1.54. The second kappa shape index (κ2) is 6.92. The van der Waals surface area contributed by atoms with E-state index in [9.17, 15) is 0 Å². The van der Waals surface area contributed by atoms with Crippen molar-refractivity contribution in [2.24, 2.45) is 0 Å². The van der Waals surface area contributed by atoms with Crippen molar-refractivity contribution in [3.05, 3.63) is 0 Å². The summed E-state index contributed by atoms with van der Waals surface area (Å²) in [7, 11) is -1.67. The van der Waals surface area contributed by atoms with E-state index in [0.29, 0.717) is 0 Å². The van der Waals surface area contributed by atoms with Gasteiger partial charge >= 0.3 is 0 Å². The molecule has 0 saturated heterocycles. The maximum Gasteiger partial charge on any atom is 0.0919 e. The van der Waals surface area contributed by atoms with Gasteiger partial charge in [-0.15, -0.1) is 49.4 Å². The highest BCUT2D eigenvalue weighted by Crippen LogP contribution is 2.26. The smallest absolute Gasteiger partial charge is 0.0919 e. The van der Waals surface area contributed by atoms with Crippen LogP contribution >= 0.6 is 0 Å². The molecule has 1 heteroatoms. The Kier molecular flexibility index (Phi) is 6.16. The molecule has 0 spiro atoms. The topological polar surface area (TPSA) is 0 Å². The van der Waals surface area contributed by atoms with E-state index in [2.05, 4.69) is 23.7 Å². The summed E-state index contributed by atoms with van der Waals surface area (Å²) >= 11 is 0. The van der Waals surface area contributed by atoms with Crippen LogP contribution in [0.25, 0.3) is 0 Å². The minimum Gasteiger partial charge on any atom is -0.120 e. The first-order valence-electron chi connectivity index (χ1n) is 4.48. The minimum absolute atomic E-state index is 0.733.